The van der Waals surface area contributed by atoms with E-state index in [1.165, 1.54) is 11.4 Å². The third-order valence-corrected chi connectivity index (χ3v) is 5.38. The summed E-state index contributed by atoms with van der Waals surface area (Å²) in [6.45, 7) is 10.3. The molecule has 1 aliphatic rings. The number of rotatable bonds is 2. The Bertz CT molecular complexity index is 695. The van der Waals surface area contributed by atoms with Crippen LogP contribution < -0.4 is 21.3 Å². The topological polar surface area (TPSA) is 61.8 Å². The predicted octanol–water partition coefficient (Wildman–Crippen LogP) is 2.73. The van der Waals surface area contributed by atoms with Gasteiger partial charge in [0, 0.05) is 62.0 Å². The Morgan fingerprint density at radius 2 is 1.04 bits per heavy atom. The second-order valence-electron chi connectivity index (χ2n) is 7.36. The standard InChI is InChI=1S/C21H31N5/c1-16-14-18(4-6-20(16)22)25-10-8-24(3)9-11-26(13-12-25)19-5-7-21(23)17(2)15-19/h4-7,14-15H,8-13,22-23H2,1-3H3. The molecule has 1 saturated heterocycles. The molecule has 26 heavy (non-hydrogen) atoms. The van der Waals surface area contributed by atoms with E-state index in [-0.39, 0.29) is 0 Å². The van der Waals surface area contributed by atoms with Gasteiger partial charge in [-0.1, -0.05) is 0 Å². The Morgan fingerprint density at radius 3 is 1.42 bits per heavy atom. The van der Waals surface area contributed by atoms with Gasteiger partial charge >= 0.3 is 0 Å². The van der Waals surface area contributed by atoms with Gasteiger partial charge in [0.15, 0.2) is 0 Å². The molecule has 0 unspecified atom stereocenters. The van der Waals surface area contributed by atoms with E-state index in [9.17, 15) is 0 Å². The summed E-state index contributed by atoms with van der Waals surface area (Å²) in [7, 11) is 2.20. The molecular formula is C21H31N5. The number of hydrogen-bond acceptors (Lipinski definition) is 5. The van der Waals surface area contributed by atoms with E-state index in [4.69, 9.17) is 11.5 Å². The van der Waals surface area contributed by atoms with Crippen LogP contribution in [0.15, 0.2) is 36.4 Å². The molecule has 0 atom stereocenters. The van der Waals surface area contributed by atoms with E-state index in [1.54, 1.807) is 0 Å². The lowest BCUT2D eigenvalue weighted by atomic mass is 10.1. The van der Waals surface area contributed by atoms with E-state index >= 15 is 0 Å². The second kappa shape index (κ2) is 7.87. The van der Waals surface area contributed by atoms with Crippen molar-refractivity contribution in [1.29, 1.82) is 0 Å². The number of nitrogens with zero attached hydrogens (tertiary/aromatic N) is 3. The lowest BCUT2D eigenvalue weighted by Gasteiger charge is -2.29. The van der Waals surface area contributed by atoms with Crippen molar-refractivity contribution in [2.75, 3.05) is 67.6 Å². The number of benzene rings is 2. The van der Waals surface area contributed by atoms with Crippen molar-refractivity contribution in [2.24, 2.45) is 0 Å². The number of anilines is 4. The summed E-state index contributed by atoms with van der Waals surface area (Å²) >= 11 is 0. The van der Waals surface area contributed by atoms with Gasteiger partial charge in [-0.3, -0.25) is 0 Å². The van der Waals surface area contributed by atoms with Gasteiger partial charge in [-0.2, -0.15) is 0 Å². The van der Waals surface area contributed by atoms with Crippen LogP contribution in [0.25, 0.3) is 0 Å². The van der Waals surface area contributed by atoms with Crippen molar-refractivity contribution in [3.8, 4) is 0 Å². The highest BCUT2D eigenvalue weighted by atomic mass is 15.3. The molecule has 2 aromatic rings. The van der Waals surface area contributed by atoms with Crippen molar-refractivity contribution in [2.45, 2.75) is 13.8 Å². The first kappa shape index (κ1) is 18.4. The van der Waals surface area contributed by atoms with Gasteiger partial charge in [0.05, 0.1) is 0 Å². The number of likely N-dealkylation sites (N-methyl/N-ethyl adjacent to an activating group) is 1. The average molecular weight is 354 g/mol. The summed E-state index contributed by atoms with van der Waals surface area (Å²) in [5, 5.41) is 0. The molecule has 4 N–H and O–H groups in total. The fourth-order valence-corrected chi connectivity index (χ4v) is 3.39. The third-order valence-electron chi connectivity index (χ3n) is 5.38. The molecule has 140 valence electrons. The molecule has 0 amide bonds. The van der Waals surface area contributed by atoms with E-state index in [0.29, 0.717) is 0 Å². The van der Waals surface area contributed by atoms with Gasteiger partial charge in [-0.05, 0) is 68.4 Å². The van der Waals surface area contributed by atoms with Gasteiger partial charge in [-0.25, -0.2) is 0 Å². The van der Waals surface area contributed by atoms with Gasteiger partial charge in [0.1, 0.15) is 0 Å². The van der Waals surface area contributed by atoms with Crippen LogP contribution in [0.4, 0.5) is 22.7 Å². The zero-order valence-corrected chi connectivity index (χ0v) is 16.2. The van der Waals surface area contributed by atoms with Crippen molar-refractivity contribution < 1.29 is 0 Å². The van der Waals surface area contributed by atoms with E-state index in [0.717, 1.165) is 61.8 Å². The second-order valence-corrected chi connectivity index (χ2v) is 7.36. The summed E-state index contributed by atoms with van der Waals surface area (Å²) in [5.74, 6) is 0. The quantitative estimate of drug-likeness (QED) is 0.813. The zero-order chi connectivity index (χ0) is 18.7. The molecule has 1 fully saturated rings. The van der Waals surface area contributed by atoms with E-state index in [1.807, 2.05) is 12.1 Å². The molecule has 0 radical (unpaired) electrons. The number of aryl methyl sites for hydroxylation is 2. The van der Waals surface area contributed by atoms with Crippen LogP contribution in [-0.4, -0.2) is 51.2 Å². The maximum Gasteiger partial charge on any atom is 0.0371 e. The summed E-state index contributed by atoms with van der Waals surface area (Å²) < 4.78 is 0. The highest BCUT2D eigenvalue weighted by Gasteiger charge is 2.16. The highest BCUT2D eigenvalue weighted by Crippen LogP contribution is 2.23. The minimum Gasteiger partial charge on any atom is -0.399 e. The lowest BCUT2D eigenvalue weighted by Crippen LogP contribution is -2.36. The summed E-state index contributed by atoms with van der Waals surface area (Å²) in [6, 6.07) is 12.7. The number of hydrogen-bond donors (Lipinski definition) is 2. The molecule has 5 nitrogen and oxygen atoms in total. The number of nitrogens with two attached hydrogens (primary N) is 2. The normalized spacial score (nSPS) is 16.9. The minimum absolute atomic E-state index is 0.856. The van der Waals surface area contributed by atoms with Crippen LogP contribution in [0.5, 0.6) is 0 Å². The third kappa shape index (κ3) is 4.22. The monoisotopic (exact) mass is 353 g/mol. The van der Waals surface area contributed by atoms with Crippen LogP contribution >= 0.6 is 0 Å². The maximum absolute atomic E-state index is 6.00. The van der Waals surface area contributed by atoms with Crippen molar-refractivity contribution >= 4 is 22.7 Å². The van der Waals surface area contributed by atoms with Crippen LogP contribution in [-0.2, 0) is 0 Å². The molecule has 5 heteroatoms. The van der Waals surface area contributed by atoms with Gasteiger partial charge in [-0.15, -0.1) is 0 Å². The Morgan fingerprint density at radius 1 is 0.654 bits per heavy atom. The first-order valence-corrected chi connectivity index (χ1v) is 9.35. The van der Waals surface area contributed by atoms with E-state index in [2.05, 4.69) is 59.9 Å². The average Bonchev–Trinajstić information content (AvgIpc) is 2.71. The minimum atomic E-state index is 0.856. The van der Waals surface area contributed by atoms with Gasteiger partial charge in [0.25, 0.3) is 0 Å². The van der Waals surface area contributed by atoms with Gasteiger partial charge < -0.3 is 26.2 Å². The predicted molar refractivity (Wildman–Crippen MR) is 113 cm³/mol. The Balaban J connectivity index is 1.82. The van der Waals surface area contributed by atoms with E-state index < -0.39 is 0 Å². The fourth-order valence-electron chi connectivity index (χ4n) is 3.39. The molecule has 0 aliphatic carbocycles. The molecule has 0 bridgehead atoms. The zero-order valence-electron chi connectivity index (χ0n) is 16.2. The van der Waals surface area contributed by atoms with Crippen molar-refractivity contribution in [3.63, 3.8) is 0 Å². The molecule has 3 rings (SSSR count). The molecule has 1 heterocycles. The molecule has 1 aliphatic heterocycles. The first-order chi connectivity index (χ1) is 12.4. The molecular weight excluding hydrogens is 322 g/mol. The SMILES string of the molecule is Cc1cc(N2CCN(C)CCN(c3ccc(N)c(C)c3)CC2)ccc1N. The Labute approximate surface area is 157 Å². The molecule has 0 saturated carbocycles. The van der Waals surface area contributed by atoms with Crippen molar-refractivity contribution in [3.05, 3.63) is 47.5 Å². The van der Waals surface area contributed by atoms with Crippen LogP contribution in [0.1, 0.15) is 11.1 Å². The lowest BCUT2D eigenvalue weighted by molar-refractivity contribution is 0.352. The summed E-state index contributed by atoms with van der Waals surface area (Å²) in [4.78, 5) is 7.33. The summed E-state index contributed by atoms with van der Waals surface area (Å²) in [5.41, 5.74) is 18.5. The highest BCUT2D eigenvalue weighted by molar-refractivity contribution is 5.60. The maximum atomic E-state index is 6.00. The molecule has 0 spiro atoms. The van der Waals surface area contributed by atoms with Crippen LogP contribution in [0.3, 0.4) is 0 Å². The molecule has 2 aromatic carbocycles. The first-order valence-electron chi connectivity index (χ1n) is 9.35. The summed E-state index contributed by atoms with van der Waals surface area (Å²) in [6.07, 6.45) is 0. The van der Waals surface area contributed by atoms with Crippen molar-refractivity contribution in [1.82, 2.24) is 4.90 Å². The van der Waals surface area contributed by atoms with Crippen LogP contribution in [0.2, 0.25) is 0 Å². The Hall–Kier alpha value is -2.40. The van der Waals surface area contributed by atoms with Gasteiger partial charge in [0.2, 0.25) is 0 Å². The fraction of sp³-hybridized carbons (Fsp3) is 0.429. The molecule has 0 aromatic heterocycles. The number of nitrogen functional groups attached to an aromatic ring is 2. The van der Waals surface area contributed by atoms with Crippen LogP contribution in [0, 0.1) is 13.8 Å². The smallest absolute Gasteiger partial charge is 0.0371 e. The Kier molecular flexibility index (Phi) is 5.57. The largest absolute Gasteiger partial charge is 0.399 e.